The molecular formula is C24H28FN5O. The van der Waals surface area contributed by atoms with Crippen molar-refractivity contribution in [3.8, 4) is 0 Å². The molecule has 0 heterocycles. The SMILES string of the molecule is CC(C)=C(C(=O)CC=Nc1ccc(NCCN)cc1F)C(CC=N)=Nc1ccccc1. The van der Waals surface area contributed by atoms with E-state index < -0.39 is 5.82 Å². The third-order valence-corrected chi connectivity index (χ3v) is 4.31. The number of benzene rings is 2. The number of hydrogen-bond donors (Lipinski definition) is 3. The number of nitrogens with zero attached hydrogens (tertiary/aromatic N) is 2. The first kappa shape index (κ1) is 23.8. The minimum absolute atomic E-state index is 0.00105. The Morgan fingerprint density at radius 2 is 1.90 bits per heavy atom. The fourth-order valence-corrected chi connectivity index (χ4v) is 2.95. The van der Waals surface area contributed by atoms with Crippen molar-refractivity contribution in [2.75, 3.05) is 18.4 Å². The zero-order valence-electron chi connectivity index (χ0n) is 17.9. The average molecular weight is 422 g/mol. The third-order valence-electron chi connectivity index (χ3n) is 4.31. The standard InChI is InChI=1S/C24H28FN5O/c1-17(2)24(22(10-12-26)30-18-6-4-3-5-7-18)23(31)11-14-29-21-9-8-19(16-20(21)25)28-15-13-27/h3-9,12,14,16,26,28H,10-11,13,15,27H2,1-2H3. The summed E-state index contributed by atoms with van der Waals surface area (Å²) in [5.41, 5.74) is 8.73. The summed E-state index contributed by atoms with van der Waals surface area (Å²) in [4.78, 5) is 21.6. The third kappa shape index (κ3) is 7.38. The molecule has 2 aromatic carbocycles. The number of ketones is 1. The number of anilines is 1. The van der Waals surface area contributed by atoms with E-state index in [0.29, 0.717) is 35.7 Å². The summed E-state index contributed by atoms with van der Waals surface area (Å²) in [6.45, 7) is 4.66. The molecule has 2 aromatic rings. The maximum Gasteiger partial charge on any atom is 0.169 e. The van der Waals surface area contributed by atoms with Crippen molar-refractivity contribution in [2.24, 2.45) is 15.7 Å². The molecule has 4 N–H and O–H groups in total. The van der Waals surface area contributed by atoms with E-state index in [-0.39, 0.29) is 24.3 Å². The van der Waals surface area contributed by atoms with Crippen molar-refractivity contribution in [3.05, 3.63) is 65.5 Å². The number of nitrogens with two attached hydrogens (primary N) is 1. The van der Waals surface area contributed by atoms with Crippen LogP contribution in [0.3, 0.4) is 0 Å². The molecule has 6 nitrogen and oxygen atoms in total. The Bertz CT molecular complexity index is 992. The highest BCUT2D eigenvalue weighted by atomic mass is 19.1. The van der Waals surface area contributed by atoms with E-state index in [1.165, 1.54) is 18.5 Å². The van der Waals surface area contributed by atoms with Crippen molar-refractivity contribution < 1.29 is 9.18 Å². The Balaban J connectivity index is 2.18. The van der Waals surface area contributed by atoms with Gasteiger partial charge in [0.05, 0.1) is 17.1 Å². The Morgan fingerprint density at radius 1 is 1.16 bits per heavy atom. The molecular weight excluding hydrogens is 393 g/mol. The number of halogens is 1. The van der Waals surface area contributed by atoms with Gasteiger partial charge in [0.1, 0.15) is 0 Å². The van der Waals surface area contributed by atoms with Crippen molar-refractivity contribution in [2.45, 2.75) is 26.7 Å². The first-order valence-electron chi connectivity index (χ1n) is 10.0. The minimum Gasteiger partial charge on any atom is -0.384 e. The van der Waals surface area contributed by atoms with E-state index in [9.17, 15) is 9.18 Å². The zero-order chi connectivity index (χ0) is 22.6. The first-order chi connectivity index (χ1) is 15.0. The highest BCUT2D eigenvalue weighted by Gasteiger charge is 2.16. The van der Waals surface area contributed by atoms with Crippen LogP contribution in [0.4, 0.5) is 21.5 Å². The van der Waals surface area contributed by atoms with E-state index >= 15 is 0 Å². The zero-order valence-corrected chi connectivity index (χ0v) is 17.9. The summed E-state index contributed by atoms with van der Waals surface area (Å²) < 4.78 is 14.2. The summed E-state index contributed by atoms with van der Waals surface area (Å²) in [6, 6.07) is 13.9. The van der Waals surface area contributed by atoms with Gasteiger partial charge in [-0.25, -0.2) is 4.39 Å². The van der Waals surface area contributed by atoms with Gasteiger partial charge < -0.3 is 16.5 Å². The molecule has 0 fully saturated rings. The maximum absolute atomic E-state index is 14.2. The second-order valence-electron chi connectivity index (χ2n) is 7.00. The van der Waals surface area contributed by atoms with Crippen molar-refractivity contribution in [3.63, 3.8) is 0 Å². The first-order valence-corrected chi connectivity index (χ1v) is 10.0. The van der Waals surface area contributed by atoms with E-state index in [0.717, 1.165) is 5.57 Å². The number of carbonyl (C=O) groups excluding carboxylic acids is 1. The summed E-state index contributed by atoms with van der Waals surface area (Å²) >= 11 is 0. The molecule has 2 rings (SSSR count). The van der Waals surface area contributed by atoms with Gasteiger partial charge in [-0.1, -0.05) is 23.8 Å². The number of aliphatic imine (C=N–C) groups is 2. The molecule has 0 amide bonds. The lowest BCUT2D eigenvalue weighted by Gasteiger charge is -2.10. The fourth-order valence-electron chi connectivity index (χ4n) is 2.95. The highest BCUT2D eigenvalue weighted by molar-refractivity contribution is 6.27. The van der Waals surface area contributed by atoms with Crippen LogP contribution in [0.25, 0.3) is 0 Å². The summed E-state index contributed by atoms with van der Waals surface area (Å²) in [6.07, 6.45) is 2.87. The molecule has 162 valence electrons. The van der Waals surface area contributed by atoms with Crippen LogP contribution in [-0.4, -0.2) is 37.0 Å². The van der Waals surface area contributed by atoms with Gasteiger partial charge in [0.2, 0.25) is 0 Å². The van der Waals surface area contributed by atoms with Crippen LogP contribution in [0.2, 0.25) is 0 Å². The van der Waals surface area contributed by atoms with Crippen LogP contribution in [0.5, 0.6) is 0 Å². The molecule has 0 saturated heterocycles. The van der Waals surface area contributed by atoms with Crippen LogP contribution in [0.15, 0.2) is 69.7 Å². The number of para-hydroxylation sites is 1. The number of allylic oxidation sites excluding steroid dienone is 2. The van der Waals surface area contributed by atoms with Crippen LogP contribution in [0, 0.1) is 11.2 Å². The molecule has 7 heteroatoms. The smallest absolute Gasteiger partial charge is 0.169 e. The Hall–Kier alpha value is -3.45. The summed E-state index contributed by atoms with van der Waals surface area (Å²) in [5, 5.41) is 10.5. The largest absolute Gasteiger partial charge is 0.384 e. The Kier molecular flexibility index (Phi) is 9.45. The average Bonchev–Trinajstić information content (AvgIpc) is 2.74. The fraction of sp³-hybridized carbons (Fsp3) is 0.250. The number of nitrogens with one attached hydrogen (secondary N) is 2. The van der Waals surface area contributed by atoms with Gasteiger partial charge in [-0.05, 0) is 44.2 Å². The highest BCUT2D eigenvalue weighted by Crippen LogP contribution is 2.22. The molecule has 0 bridgehead atoms. The minimum atomic E-state index is -0.483. The maximum atomic E-state index is 14.2. The molecule has 0 aromatic heterocycles. The van der Waals surface area contributed by atoms with Crippen molar-refractivity contribution in [1.82, 2.24) is 0 Å². The molecule has 0 aliphatic heterocycles. The van der Waals surface area contributed by atoms with E-state index in [2.05, 4.69) is 15.3 Å². The molecule has 0 radical (unpaired) electrons. The second kappa shape index (κ2) is 12.3. The molecule has 0 saturated carbocycles. The van der Waals surface area contributed by atoms with Crippen LogP contribution in [-0.2, 0) is 4.79 Å². The van der Waals surface area contributed by atoms with Gasteiger partial charge in [0.15, 0.2) is 11.6 Å². The predicted octanol–water partition coefficient (Wildman–Crippen LogP) is 5.01. The predicted molar refractivity (Wildman–Crippen MR) is 127 cm³/mol. The van der Waals surface area contributed by atoms with Gasteiger partial charge in [-0.3, -0.25) is 14.8 Å². The monoisotopic (exact) mass is 421 g/mol. The molecule has 0 aliphatic carbocycles. The van der Waals surface area contributed by atoms with Crippen LogP contribution >= 0.6 is 0 Å². The van der Waals surface area contributed by atoms with Gasteiger partial charge in [0, 0.05) is 49.6 Å². The lowest BCUT2D eigenvalue weighted by molar-refractivity contribution is -0.114. The lowest BCUT2D eigenvalue weighted by atomic mass is 9.97. The van der Waals surface area contributed by atoms with Crippen molar-refractivity contribution >= 4 is 41.0 Å². The molecule has 0 atom stereocenters. The van der Waals surface area contributed by atoms with Gasteiger partial charge >= 0.3 is 0 Å². The molecule has 0 unspecified atom stereocenters. The van der Waals surface area contributed by atoms with E-state index in [4.69, 9.17) is 11.1 Å². The molecule has 31 heavy (non-hydrogen) atoms. The molecule has 0 aliphatic rings. The molecule has 0 spiro atoms. The number of carbonyl (C=O) groups is 1. The van der Waals surface area contributed by atoms with E-state index in [1.54, 1.807) is 12.1 Å². The lowest BCUT2D eigenvalue weighted by Crippen LogP contribution is -2.15. The number of rotatable bonds is 11. The van der Waals surface area contributed by atoms with Crippen molar-refractivity contribution in [1.29, 1.82) is 5.41 Å². The van der Waals surface area contributed by atoms with Crippen LogP contribution in [0.1, 0.15) is 26.7 Å². The van der Waals surface area contributed by atoms with Gasteiger partial charge in [0.25, 0.3) is 0 Å². The second-order valence-corrected chi connectivity index (χ2v) is 7.00. The topological polar surface area (TPSA) is 104 Å². The van der Waals surface area contributed by atoms with Gasteiger partial charge in [-0.2, -0.15) is 0 Å². The summed E-state index contributed by atoms with van der Waals surface area (Å²) in [5.74, 6) is -0.662. The summed E-state index contributed by atoms with van der Waals surface area (Å²) in [7, 11) is 0. The Labute approximate surface area is 182 Å². The van der Waals surface area contributed by atoms with E-state index in [1.807, 2.05) is 44.2 Å². The quantitative estimate of drug-likeness (QED) is 0.351. The Morgan fingerprint density at radius 3 is 2.52 bits per heavy atom. The number of hydrogen-bond acceptors (Lipinski definition) is 6. The van der Waals surface area contributed by atoms with Crippen LogP contribution < -0.4 is 11.1 Å². The number of Topliss-reactive ketones (excluding diaryl/α,β-unsaturated/α-hetero) is 1. The normalized spacial score (nSPS) is 11.4. The van der Waals surface area contributed by atoms with Gasteiger partial charge in [-0.15, -0.1) is 0 Å².